The molecule has 0 saturated carbocycles. The number of thiophene rings is 1. The lowest BCUT2D eigenvalue weighted by molar-refractivity contribution is 1.07. The average Bonchev–Trinajstić information content (AvgIpc) is 3.62. The number of rotatable bonds is 4. The fourth-order valence-corrected chi connectivity index (χ4v) is 8.93. The predicted octanol–water partition coefficient (Wildman–Crippen LogP) is 12.9. The lowest BCUT2D eigenvalue weighted by Gasteiger charge is -2.13. The van der Waals surface area contributed by atoms with Crippen LogP contribution in [0.15, 0.2) is 170 Å². The standard InChI is InChI=1S/C48H28N4S/c1-2-12-30(13-3-1)45-50-46(52-47(51-45)32-26-27-37-35-16-5-4-14-33(35)34-15-6-7-17-36(34)41(37)28-32)31-24-22-29(23-25-31)44-39-19-9-8-18-38(39)43-40-20-10-11-21-42(40)53-48(43)49-44/h1-28H. The first-order valence-electron chi connectivity index (χ1n) is 17.7. The Morgan fingerprint density at radius 1 is 0.302 bits per heavy atom. The van der Waals surface area contributed by atoms with Crippen LogP contribution in [-0.4, -0.2) is 19.9 Å². The van der Waals surface area contributed by atoms with Crippen LogP contribution < -0.4 is 0 Å². The van der Waals surface area contributed by atoms with Crippen molar-refractivity contribution >= 4 is 74.7 Å². The summed E-state index contributed by atoms with van der Waals surface area (Å²) in [4.78, 5) is 21.5. The molecule has 0 aliphatic rings. The molecule has 246 valence electrons. The van der Waals surface area contributed by atoms with E-state index in [2.05, 4.69) is 140 Å². The minimum Gasteiger partial charge on any atom is -0.236 e. The molecule has 0 atom stereocenters. The molecule has 3 aromatic heterocycles. The van der Waals surface area contributed by atoms with Gasteiger partial charge in [-0.1, -0.05) is 158 Å². The van der Waals surface area contributed by atoms with E-state index in [4.69, 9.17) is 19.9 Å². The van der Waals surface area contributed by atoms with Crippen molar-refractivity contribution in [3.8, 4) is 45.4 Å². The Balaban J connectivity index is 1.07. The van der Waals surface area contributed by atoms with Crippen molar-refractivity contribution in [2.45, 2.75) is 0 Å². The second-order valence-corrected chi connectivity index (χ2v) is 14.4. The molecule has 0 saturated heterocycles. The lowest BCUT2D eigenvalue weighted by Crippen LogP contribution is -2.00. The SMILES string of the molecule is c1ccc(-c2nc(-c3ccc(-c4nc5sc6ccccc6c5c5ccccc45)cc3)nc(-c3ccc4c5ccccc5c5ccccc5c4c3)n2)cc1. The lowest BCUT2D eigenvalue weighted by atomic mass is 9.93. The highest BCUT2D eigenvalue weighted by atomic mass is 32.1. The van der Waals surface area contributed by atoms with Crippen LogP contribution in [0.4, 0.5) is 0 Å². The number of fused-ring (bicyclic) bond motifs is 11. The Hall–Kier alpha value is -6.82. The molecule has 5 heteroatoms. The number of hydrogen-bond donors (Lipinski definition) is 0. The first-order chi connectivity index (χ1) is 26.3. The maximum Gasteiger partial charge on any atom is 0.164 e. The van der Waals surface area contributed by atoms with E-state index in [-0.39, 0.29) is 0 Å². The van der Waals surface area contributed by atoms with Crippen molar-refractivity contribution in [2.75, 3.05) is 0 Å². The Labute approximate surface area is 308 Å². The smallest absolute Gasteiger partial charge is 0.164 e. The van der Waals surface area contributed by atoms with Crippen LogP contribution in [-0.2, 0) is 0 Å². The van der Waals surface area contributed by atoms with Crippen molar-refractivity contribution in [2.24, 2.45) is 0 Å². The summed E-state index contributed by atoms with van der Waals surface area (Å²) in [5.74, 6) is 1.91. The zero-order chi connectivity index (χ0) is 34.9. The second kappa shape index (κ2) is 11.9. The fourth-order valence-electron chi connectivity index (χ4n) is 7.84. The molecule has 0 fully saturated rings. The van der Waals surface area contributed by atoms with Gasteiger partial charge >= 0.3 is 0 Å². The largest absolute Gasteiger partial charge is 0.236 e. The molecule has 0 spiro atoms. The van der Waals surface area contributed by atoms with Crippen molar-refractivity contribution in [1.82, 2.24) is 19.9 Å². The topological polar surface area (TPSA) is 51.6 Å². The van der Waals surface area contributed by atoms with Gasteiger partial charge in [-0.15, -0.1) is 11.3 Å². The minimum atomic E-state index is 0.627. The molecule has 0 aliphatic heterocycles. The van der Waals surface area contributed by atoms with Gasteiger partial charge in [-0.05, 0) is 49.8 Å². The quantitative estimate of drug-likeness (QED) is 0.172. The van der Waals surface area contributed by atoms with Crippen LogP contribution in [0.2, 0.25) is 0 Å². The van der Waals surface area contributed by atoms with Crippen molar-refractivity contribution in [3.05, 3.63) is 170 Å². The van der Waals surface area contributed by atoms with Crippen LogP contribution in [0.1, 0.15) is 0 Å². The van der Waals surface area contributed by atoms with E-state index < -0.39 is 0 Å². The highest BCUT2D eigenvalue weighted by Gasteiger charge is 2.17. The van der Waals surface area contributed by atoms with Gasteiger partial charge in [0.2, 0.25) is 0 Å². The molecule has 0 radical (unpaired) electrons. The van der Waals surface area contributed by atoms with Gasteiger partial charge in [0.15, 0.2) is 17.5 Å². The summed E-state index contributed by atoms with van der Waals surface area (Å²) in [6, 6.07) is 59.7. The zero-order valence-corrected chi connectivity index (χ0v) is 29.2. The van der Waals surface area contributed by atoms with Crippen LogP contribution in [0.25, 0.3) is 109 Å². The van der Waals surface area contributed by atoms with E-state index in [0.29, 0.717) is 17.5 Å². The molecule has 11 aromatic rings. The highest BCUT2D eigenvalue weighted by Crippen LogP contribution is 2.41. The van der Waals surface area contributed by atoms with E-state index in [1.165, 1.54) is 53.2 Å². The first-order valence-corrected chi connectivity index (χ1v) is 18.5. The summed E-state index contributed by atoms with van der Waals surface area (Å²) in [5, 5.41) is 12.2. The summed E-state index contributed by atoms with van der Waals surface area (Å²) < 4.78 is 1.25. The zero-order valence-electron chi connectivity index (χ0n) is 28.4. The van der Waals surface area contributed by atoms with Crippen LogP contribution >= 0.6 is 11.3 Å². The molecule has 4 nitrogen and oxygen atoms in total. The molecule has 0 bridgehead atoms. The number of nitrogens with zero attached hydrogens (tertiary/aromatic N) is 4. The molecule has 0 unspecified atom stereocenters. The van der Waals surface area contributed by atoms with Gasteiger partial charge in [0.05, 0.1) is 5.69 Å². The third-order valence-corrected chi connectivity index (χ3v) is 11.4. The molecule has 8 aromatic carbocycles. The normalized spacial score (nSPS) is 11.8. The van der Waals surface area contributed by atoms with E-state index >= 15 is 0 Å². The van der Waals surface area contributed by atoms with Gasteiger partial charge in [-0.3, -0.25) is 0 Å². The Bertz CT molecular complexity index is 3190. The molecule has 0 N–H and O–H groups in total. The Morgan fingerprint density at radius 2 is 0.755 bits per heavy atom. The third kappa shape index (κ3) is 4.82. The summed E-state index contributed by atoms with van der Waals surface area (Å²) in [5.41, 5.74) is 4.83. The van der Waals surface area contributed by atoms with Gasteiger partial charge < -0.3 is 0 Å². The van der Waals surface area contributed by atoms with Crippen LogP contribution in [0.5, 0.6) is 0 Å². The number of pyridine rings is 1. The fraction of sp³-hybridized carbons (Fsp3) is 0. The van der Waals surface area contributed by atoms with E-state index in [1.807, 2.05) is 30.3 Å². The van der Waals surface area contributed by atoms with E-state index in [0.717, 1.165) is 38.2 Å². The van der Waals surface area contributed by atoms with Crippen LogP contribution in [0, 0.1) is 0 Å². The van der Waals surface area contributed by atoms with E-state index in [9.17, 15) is 0 Å². The Morgan fingerprint density at radius 3 is 1.42 bits per heavy atom. The average molecular weight is 693 g/mol. The van der Waals surface area contributed by atoms with E-state index in [1.54, 1.807) is 11.3 Å². The monoisotopic (exact) mass is 692 g/mol. The van der Waals surface area contributed by atoms with Crippen LogP contribution in [0.3, 0.4) is 0 Å². The summed E-state index contributed by atoms with van der Waals surface area (Å²) in [6.45, 7) is 0. The summed E-state index contributed by atoms with van der Waals surface area (Å²) in [7, 11) is 0. The molecular formula is C48H28N4S. The molecule has 3 heterocycles. The number of benzene rings is 8. The molecule has 53 heavy (non-hydrogen) atoms. The van der Waals surface area contributed by atoms with Gasteiger partial charge in [0.1, 0.15) is 4.83 Å². The maximum atomic E-state index is 5.26. The number of hydrogen-bond acceptors (Lipinski definition) is 5. The van der Waals surface area contributed by atoms with Crippen molar-refractivity contribution < 1.29 is 0 Å². The van der Waals surface area contributed by atoms with Gasteiger partial charge in [0.25, 0.3) is 0 Å². The summed E-state index contributed by atoms with van der Waals surface area (Å²) in [6.07, 6.45) is 0. The van der Waals surface area contributed by atoms with Gasteiger partial charge in [-0.2, -0.15) is 0 Å². The Kier molecular flexibility index (Phi) is 6.69. The molecule has 11 rings (SSSR count). The second-order valence-electron chi connectivity index (χ2n) is 13.4. The first kappa shape index (κ1) is 29.9. The van der Waals surface area contributed by atoms with Gasteiger partial charge in [0, 0.05) is 43.1 Å². The highest BCUT2D eigenvalue weighted by molar-refractivity contribution is 7.25. The van der Waals surface area contributed by atoms with Gasteiger partial charge in [-0.25, -0.2) is 19.9 Å². The van der Waals surface area contributed by atoms with Crippen molar-refractivity contribution in [1.29, 1.82) is 0 Å². The number of aromatic nitrogens is 4. The third-order valence-electron chi connectivity index (χ3n) is 10.3. The predicted molar refractivity (Wildman–Crippen MR) is 222 cm³/mol. The summed E-state index contributed by atoms with van der Waals surface area (Å²) >= 11 is 1.75. The van der Waals surface area contributed by atoms with Crippen molar-refractivity contribution in [3.63, 3.8) is 0 Å². The molecular weight excluding hydrogens is 665 g/mol. The minimum absolute atomic E-state index is 0.627. The molecule has 0 amide bonds. The molecule has 0 aliphatic carbocycles. The maximum absolute atomic E-state index is 5.26.